The number of rotatable bonds is 3. The van der Waals surface area contributed by atoms with Crippen LogP contribution in [0.15, 0.2) is 52.8 Å². The molecule has 2 rings (SSSR count). The first kappa shape index (κ1) is 12.7. The second-order valence-corrected chi connectivity index (χ2v) is 5.76. The average molecular weight is 265 g/mol. The summed E-state index contributed by atoms with van der Waals surface area (Å²) in [7, 11) is -3.77. The Labute approximate surface area is 107 Å². The van der Waals surface area contributed by atoms with Crippen molar-refractivity contribution in [3.63, 3.8) is 0 Å². The third-order valence-corrected chi connectivity index (χ3v) is 3.88. The molecule has 1 aliphatic carbocycles. The molecule has 1 aromatic carbocycles. The number of hydrogen-bond acceptors (Lipinski definition) is 4. The Morgan fingerprint density at radius 2 is 1.89 bits per heavy atom. The molecule has 0 aromatic heterocycles. The van der Waals surface area contributed by atoms with E-state index in [-0.39, 0.29) is 4.90 Å². The first-order valence-electron chi connectivity index (χ1n) is 5.65. The van der Waals surface area contributed by atoms with E-state index in [0.717, 1.165) is 12.0 Å². The maximum absolute atomic E-state index is 12.0. The van der Waals surface area contributed by atoms with E-state index in [2.05, 4.69) is 0 Å². The van der Waals surface area contributed by atoms with Gasteiger partial charge in [0.15, 0.2) is 0 Å². The van der Waals surface area contributed by atoms with E-state index in [1.54, 1.807) is 24.3 Å². The summed E-state index contributed by atoms with van der Waals surface area (Å²) in [6.45, 7) is 1.89. The van der Waals surface area contributed by atoms with E-state index in [4.69, 9.17) is 9.92 Å². The quantitative estimate of drug-likeness (QED) is 0.851. The van der Waals surface area contributed by atoms with Crippen molar-refractivity contribution in [2.24, 2.45) is 5.73 Å². The first-order valence-corrected chi connectivity index (χ1v) is 7.05. The largest absolute Gasteiger partial charge is 0.402 e. The lowest BCUT2D eigenvalue weighted by Crippen LogP contribution is -2.09. The van der Waals surface area contributed by atoms with Gasteiger partial charge in [0.25, 0.3) is 0 Å². The second kappa shape index (κ2) is 4.86. The molecule has 18 heavy (non-hydrogen) atoms. The molecule has 0 radical (unpaired) electrons. The van der Waals surface area contributed by atoms with Gasteiger partial charge in [0.1, 0.15) is 10.7 Å². The van der Waals surface area contributed by atoms with Gasteiger partial charge in [-0.25, -0.2) is 0 Å². The molecule has 1 aliphatic rings. The van der Waals surface area contributed by atoms with Gasteiger partial charge >= 0.3 is 10.1 Å². The van der Waals surface area contributed by atoms with Crippen LogP contribution in [-0.2, 0) is 14.3 Å². The highest BCUT2D eigenvalue weighted by Crippen LogP contribution is 2.21. The van der Waals surface area contributed by atoms with Crippen molar-refractivity contribution in [1.82, 2.24) is 0 Å². The van der Waals surface area contributed by atoms with Gasteiger partial charge in [0, 0.05) is 11.8 Å². The van der Waals surface area contributed by atoms with Crippen molar-refractivity contribution in [2.45, 2.75) is 24.7 Å². The summed E-state index contributed by atoms with van der Waals surface area (Å²) in [6, 6.07) is 6.52. The van der Waals surface area contributed by atoms with Gasteiger partial charge in [-0.1, -0.05) is 17.7 Å². The monoisotopic (exact) mass is 265 g/mol. The van der Waals surface area contributed by atoms with Crippen molar-refractivity contribution >= 4 is 10.1 Å². The standard InChI is InChI=1S/C13H15NO3S/c1-10-5-7-13(8-6-10)18(15,16)17-12-4-2-3-11(14)9-12/h4-9H,2-3,14H2,1H3. The van der Waals surface area contributed by atoms with E-state index in [1.807, 2.05) is 6.92 Å². The molecule has 0 heterocycles. The highest BCUT2D eigenvalue weighted by atomic mass is 32.2. The fourth-order valence-corrected chi connectivity index (χ4v) is 2.57. The van der Waals surface area contributed by atoms with Crippen LogP contribution in [0.1, 0.15) is 18.4 Å². The van der Waals surface area contributed by atoms with Crippen LogP contribution >= 0.6 is 0 Å². The number of benzene rings is 1. The van der Waals surface area contributed by atoms with Crippen LogP contribution in [0.25, 0.3) is 0 Å². The lowest BCUT2D eigenvalue weighted by molar-refractivity contribution is 0.415. The fraction of sp³-hybridized carbons (Fsp3) is 0.231. The highest BCUT2D eigenvalue weighted by molar-refractivity contribution is 7.86. The van der Waals surface area contributed by atoms with Crippen LogP contribution in [0.4, 0.5) is 0 Å². The smallest absolute Gasteiger partial charge is 0.339 e. The van der Waals surface area contributed by atoms with E-state index < -0.39 is 10.1 Å². The number of hydrogen-bond donors (Lipinski definition) is 1. The van der Waals surface area contributed by atoms with Gasteiger partial charge in [-0.15, -0.1) is 0 Å². The molecule has 0 saturated carbocycles. The van der Waals surface area contributed by atoms with Crippen molar-refractivity contribution in [3.8, 4) is 0 Å². The van der Waals surface area contributed by atoms with Gasteiger partial charge in [-0.05, 0) is 38.0 Å². The Kier molecular flexibility index (Phi) is 3.43. The summed E-state index contributed by atoms with van der Waals surface area (Å²) in [5, 5.41) is 0. The molecule has 96 valence electrons. The van der Waals surface area contributed by atoms with Crippen LogP contribution in [0.5, 0.6) is 0 Å². The summed E-state index contributed by atoms with van der Waals surface area (Å²) in [6.07, 6.45) is 4.70. The first-order chi connectivity index (χ1) is 8.47. The molecule has 5 heteroatoms. The minimum Gasteiger partial charge on any atom is -0.402 e. The minimum absolute atomic E-state index is 0.145. The maximum atomic E-state index is 12.0. The second-order valence-electron chi connectivity index (χ2n) is 4.21. The lowest BCUT2D eigenvalue weighted by Gasteiger charge is -2.12. The number of aryl methyl sites for hydroxylation is 1. The highest BCUT2D eigenvalue weighted by Gasteiger charge is 2.18. The zero-order valence-corrected chi connectivity index (χ0v) is 10.9. The third kappa shape index (κ3) is 2.92. The summed E-state index contributed by atoms with van der Waals surface area (Å²) < 4.78 is 29.0. The summed E-state index contributed by atoms with van der Waals surface area (Å²) in [4.78, 5) is 0.145. The predicted molar refractivity (Wildman–Crippen MR) is 69.0 cm³/mol. The van der Waals surface area contributed by atoms with Crippen LogP contribution < -0.4 is 5.73 Å². The Bertz CT molecular complexity index is 598. The molecule has 2 N–H and O–H groups in total. The fourth-order valence-electron chi connectivity index (χ4n) is 1.63. The molecule has 4 nitrogen and oxygen atoms in total. The number of allylic oxidation sites excluding steroid dienone is 3. The molecule has 0 saturated heterocycles. The summed E-state index contributed by atoms with van der Waals surface area (Å²) in [5.41, 5.74) is 7.27. The summed E-state index contributed by atoms with van der Waals surface area (Å²) >= 11 is 0. The molecule has 0 fully saturated rings. The molecule has 0 spiro atoms. The Hall–Kier alpha value is -1.75. The molecule has 0 aliphatic heterocycles. The van der Waals surface area contributed by atoms with Gasteiger partial charge < -0.3 is 9.92 Å². The SMILES string of the molecule is Cc1ccc(S(=O)(=O)OC2=CCCC(N)=C2)cc1. The van der Waals surface area contributed by atoms with Crippen molar-refractivity contribution in [2.75, 3.05) is 0 Å². The molecular formula is C13H15NO3S. The van der Waals surface area contributed by atoms with E-state index in [9.17, 15) is 8.42 Å². The molecule has 0 unspecified atom stereocenters. The normalized spacial score (nSPS) is 15.8. The van der Waals surface area contributed by atoms with Crippen LogP contribution in [-0.4, -0.2) is 8.42 Å². The van der Waals surface area contributed by atoms with Gasteiger partial charge in [0.05, 0.1) is 0 Å². The van der Waals surface area contributed by atoms with Crippen LogP contribution in [0.3, 0.4) is 0 Å². The Morgan fingerprint density at radius 3 is 2.50 bits per heavy atom. The molecule has 0 bridgehead atoms. The van der Waals surface area contributed by atoms with Gasteiger partial charge in [-0.3, -0.25) is 0 Å². The lowest BCUT2D eigenvalue weighted by atomic mass is 10.1. The maximum Gasteiger partial charge on any atom is 0.339 e. The van der Waals surface area contributed by atoms with E-state index in [1.165, 1.54) is 12.1 Å². The molecular weight excluding hydrogens is 250 g/mol. The van der Waals surface area contributed by atoms with E-state index >= 15 is 0 Å². The molecule has 0 amide bonds. The van der Waals surface area contributed by atoms with Crippen LogP contribution in [0, 0.1) is 6.92 Å². The average Bonchev–Trinajstić information content (AvgIpc) is 2.29. The molecule has 1 aromatic rings. The van der Waals surface area contributed by atoms with Crippen molar-refractivity contribution in [1.29, 1.82) is 0 Å². The predicted octanol–water partition coefficient (Wildman–Crippen LogP) is 2.22. The number of nitrogens with two attached hydrogens (primary N) is 1. The van der Waals surface area contributed by atoms with Crippen LogP contribution in [0.2, 0.25) is 0 Å². The Balaban J connectivity index is 2.23. The Morgan fingerprint density at radius 1 is 1.22 bits per heavy atom. The van der Waals surface area contributed by atoms with Crippen molar-refractivity contribution in [3.05, 3.63) is 53.4 Å². The van der Waals surface area contributed by atoms with E-state index in [0.29, 0.717) is 17.9 Å². The minimum atomic E-state index is -3.77. The zero-order valence-electron chi connectivity index (χ0n) is 10.1. The van der Waals surface area contributed by atoms with Gasteiger partial charge in [-0.2, -0.15) is 8.42 Å². The summed E-state index contributed by atoms with van der Waals surface area (Å²) in [5.74, 6) is 0.291. The molecule has 0 atom stereocenters. The van der Waals surface area contributed by atoms with Gasteiger partial charge in [0.2, 0.25) is 0 Å². The topological polar surface area (TPSA) is 69.4 Å². The van der Waals surface area contributed by atoms with Crippen molar-refractivity contribution < 1.29 is 12.6 Å². The zero-order chi connectivity index (χ0) is 13.2. The third-order valence-electron chi connectivity index (χ3n) is 2.62.